The minimum atomic E-state index is -0.547. The van der Waals surface area contributed by atoms with E-state index in [4.69, 9.17) is 0 Å². The molecular formula is C15H19BrF2N2. The number of nitrogens with zero attached hydrogens (tertiary/aromatic N) is 1. The SMILES string of the molecule is Fc1cc(F)c(N2CCNC3(CCCCC3)C2)cc1Br. The maximum Gasteiger partial charge on any atom is 0.149 e. The average Bonchev–Trinajstić information content (AvgIpc) is 2.44. The van der Waals surface area contributed by atoms with Gasteiger partial charge in [-0.05, 0) is 34.8 Å². The van der Waals surface area contributed by atoms with Crippen molar-refractivity contribution in [3.8, 4) is 0 Å². The lowest BCUT2D eigenvalue weighted by Gasteiger charge is -2.47. The predicted molar refractivity (Wildman–Crippen MR) is 80.1 cm³/mol. The van der Waals surface area contributed by atoms with Gasteiger partial charge >= 0.3 is 0 Å². The predicted octanol–water partition coefficient (Wildman–Crippen LogP) is 3.84. The van der Waals surface area contributed by atoms with Crippen molar-refractivity contribution in [3.63, 3.8) is 0 Å². The number of hydrogen-bond donors (Lipinski definition) is 1. The lowest BCUT2D eigenvalue weighted by Crippen LogP contribution is -2.61. The number of halogens is 3. The smallest absolute Gasteiger partial charge is 0.149 e. The monoisotopic (exact) mass is 344 g/mol. The number of anilines is 1. The Kier molecular flexibility index (Phi) is 4.00. The quantitative estimate of drug-likeness (QED) is 0.778. The van der Waals surface area contributed by atoms with Crippen molar-refractivity contribution in [2.75, 3.05) is 24.5 Å². The molecule has 1 aromatic rings. The molecule has 0 aromatic heterocycles. The van der Waals surface area contributed by atoms with Crippen LogP contribution >= 0.6 is 15.9 Å². The lowest BCUT2D eigenvalue weighted by atomic mass is 9.80. The van der Waals surface area contributed by atoms with Crippen LogP contribution in [0.1, 0.15) is 32.1 Å². The van der Waals surface area contributed by atoms with Gasteiger partial charge in [0.15, 0.2) is 0 Å². The van der Waals surface area contributed by atoms with Crippen LogP contribution in [0, 0.1) is 11.6 Å². The number of benzene rings is 1. The van der Waals surface area contributed by atoms with Gasteiger partial charge in [-0.1, -0.05) is 19.3 Å². The summed E-state index contributed by atoms with van der Waals surface area (Å²) in [5.41, 5.74) is 0.619. The summed E-state index contributed by atoms with van der Waals surface area (Å²) in [6.45, 7) is 2.42. The maximum atomic E-state index is 14.0. The highest BCUT2D eigenvalue weighted by molar-refractivity contribution is 9.10. The highest BCUT2D eigenvalue weighted by Crippen LogP contribution is 2.34. The normalized spacial score (nSPS) is 22.2. The van der Waals surface area contributed by atoms with Crippen LogP contribution in [0.3, 0.4) is 0 Å². The van der Waals surface area contributed by atoms with Crippen LogP contribution in [0.2, 0.25) is 0 Å². The zero-order valence-corrected chi connectivity index (χ0v) is 13.0. The van der Waals surface area contributed by atoms with Gasteiger partial charge in [-0.15, -0.1) is 0 Å². The number of piperazine rings is 1. The molecule has 2 aliphatic rings. The molecule has 1 heterocycles. The molecule has 1 saturated heterocycles. The van der Waals surface area contributed by atoms with Crippen molar-refractivity contribution in [3.05, 3.63) is 28.2 Å². The van der Waals surface area contributed by atoms with Gasteiger partial charge in [-0.2, -0.15) is 0 Å². The average molecular weight is 345 g/mol. The first-order chi connectivity index (χ1) is 9.60. The summed E-state index contributed by atoms with van der Waals surface area (Å²) in [6, 6.07) is 2.53. The standard InChI is InChI=1S/C15H19BrF2N2/c16-11-8-14(13(18)9-12(11)17)20-7-6-19-15(10-20)4-2-1-3-5-15/h8-9,19H,1-7,10H2. The molecule has 5 heteroatoms. The Labute approximate surface area is 126 Å². The van der Waals surface area contributed by atoms with E-state index >= 15 is 0 Å². The van der Waals surface area contributed by atoms with Gasteiger partial charge < -0.3 is 10.2 Å². The van der Waals surface area contributed by atoms with Crippen molar-refractivity contribution in [2.24, 2.45) is 0 Å². The summed E-state index contributed by atoms with van der Waals surface area (Å²) in [5, 5.41) is 3.63. The van der Waals surface area contributed by atoms with Gasteiger partial charge in [0, 0.05) is 31.2 Å². The van der Waals surface area contributed by atoms with Crippen LogP contribution in [0.15, 0.2) is 16.6 Å². The molecular weight excluding hydrogens is 326 g/mol. The first-order valence-electron chi connectivity index (χ1n) is 7.24. The van der Waals surface area contributed by atoms with E-state index < -0.39 is 11.6 Å². The molecule has 0 unspecified atom stereocenters. The first kappa shape index (κ1) is 14.3. The van der Waals surface area contributed by atoms with Crippen LogP contribution in [-0.2, 0) is 0 Å². The van der Waals surface area contributed by atoms with E-state index in [-0.39, 0.29) is 5.54 Å². The van der Waals surface area contributed by atoms with E-state index in [1.54, 1.807) is 6.07 Å². The van der Waals surface area contributed by atoms with Crippen molar-refractivity contribution in [1.82, 2.24) is 5.32 Å². The summed E-state index contributed by atoms with van der Waals surface area (Å²) in [5.74, 6) is -1.02. The number of rotatable bonds is 1. The summed E-state index contributed by atoms with van der Waals surface area (Å²) < 4.78 is 27.7. The Hall–Kier alpha value is -0.680. The van der Waals surface area contributed by atoms with Crippen LogP contribution in [0.25, 0.3) is 0 Å². The summed E-state index contributed by atoms with van der Waals surface area (Å²) >= 11 is 3.15. The van der Waals surface area contributed by atoms with Gasteiger partial charge in [-0.25, -0.2) is 8.78 Å². The van der Waals surface area contributed by atoms with E-state index in [9.17, 15) is 8.78 Å². The van der Waals surface area contributed by atoms with E-state index in [2.05, 4.69) is 26.1 Å². The molecule has 2 fully saturated rings. The second kappa shape index (κ2) is 5.60. The van der Waals surface area contributed by atoms with Crippen molar-refractivity contribution in [2.45, 2.75) is 37.6 Å². The van der Waals surface area contributed by atoms with Crippen molar-refractivity contribution < 1.29 is 8.78 Å². The Morgan fingerprint density at radius 1 is 1.10 bits per heavy atom. The fraction of sp³-hybridized carbons (Fsp3) is 0.600. The molecule has 2 nitrogen and oxygen atoms in total. The second-order valence-corrected chi connectivity index (χ2v) is 6.76. The molecule has 1 aromatic carbocycles. The minimum Gasteiger partial charge on any atom is -0.366 e. The molecule has 1 aliphatic carbocycles. The van der Waals surface area contributed by atoms with Crippen LogP contribution in [-0.4, -0.2) is 25.2 Å². The Morgan fingerprint density at radius 2 is 1.85 bits per heavy atom. The lowest BCUT2D eigenvalue weighted by molar-refractivity contribution is 0.216. The molecule has 1 saturated carbocycles. The summed E-state index contributed by atoms with van der Waals surface area (Å²) in [7, 11) is 0. The molecule has 0 bridgehead atoms. The van der Waals surface area contributed by atoms with Gasteiger partial charge in [0.1, 0.15) is 11.6 Å². The Balaban J connectivity index is 1.85. The minimum absolute atomic E-state index is 0.115. The first-order valence-corrected chi connectivity index (χ1v) is 8.03. The molecule has 1 aliphatic heterocycles. The van der Waals surface area contributed by atoms with Crippen LogP contribution < -0.4 is 10.2 Å². The van der Waals surface area contributed by atoms with Gasteiger partial charge in [0.05, 0.1) is 10.2 Å². The molecule has 1 N–H and O–H groups in total. The van der Waals surface area contributed by atoms with E-state index in [1.807, 2.05) is 0 Å². The Bertz CT molecular complexity index is 495. The van der Waals surface area contributed by atoms with Crippen LogP contribution in [0.5, 0.6) is 0 Å². The summed E-state index contributed by atoms with van der Waals surface area (Å²) in [6.07, 6.45) is 6.05. The second-order valence-electron chi connectivity index (χ2n) is 5.91. The molecule has 110 valence electrons. The number of hydrogen-bond acceptors (Lipinski definition) is 2. The number of nitrogens with one attached hydrogen (secondary N) is 1. The molecule has 20 heavy (non-hydrogen) atoms. The van der Waals surface area contributed by atoms with Crippen LogP contribution in [0.4, 0.5) is 14.5 Å². The van der Waals surface area contributed by atoms with Gasteiger partial charge in [-0.3, -0.25) is 0 Å². The third-order valence-electron chi connectivity index (χ3n) is 4.52. The van der Waals surface area contributed by atoms with E-state index in [0.29, 0.717) is 10.2 Å². The molecule has 0 atom stereocenters. The molecule has 0 radical (unpaired) electrons. The van der Waals surface area contributed by atoms with E-state index in [0.717, 1.165) is 38.5 Å². The largest absolute Gasteiger partial charge is 0.366 e. The maximum absolute atomic E-state index is 14.0. The van der Waals surface area contributed by atoms with Gasteiger partial charge in [0.2, 0.25) is 0 Å². The van der Waals surface area contributed by atoms with E-state index in [1.165, 1.54) is 19.3 Å². The van der Waals surface area contributed by atoms with Crippen molar-refractivity contribution in [1.29, 1.82) is 0 Å². The summed E-state index contributed by atoms with van der Waals surface area (Å²) in [4.78, 5) is 2.06. The topological polar surface area (TPSA) is 15.3 Å². The zero-order valence-electron chi connectivity index (χ0n) is 11.4. The fourth-order valence-electron chi connectivity index (χ4n) is 3.48. The van der Waals surface area contributed by atoms with Gasteiger partial charge in [0.25, 0.3) is 0 Å². The van der Waals surface area contributed by atoms with Crippen molar-refractivity contribution >= 4 is 21.6 Å². The highest BCUT2D eigenvalue weighted by Gasteiger charge is 2.36. The molecule has 1 spiro atoms. The molecule has 3 rings (SSSR count). The third-order valence-corrected chi connectivity index (χ3v) is 5.12. The molecule has 0 amide bonds. The Morgan fingerprint density at radius 3 is 2.60 bits per heavy atom. The highest BCUT2D eigenvalue weighted by atomic mass is 79.9. The zero-order chi connectivity index (χ0) is 14.2. The fourth-order valence-corrected chi connectivity index (χ4v) is 3.81. The third kappa shape index (κ3) is 2.70.